The summed E-state index contributed by atoms with van der Waals surface area (Å²) in [5, 5.41) is 4.03. The second-order valence-corrected chi connectivity index (χ2v) is 6.06. The lowest BCUT2D eigenvalue weighted by atomic mass is 9.95. The van der Waals surface area contributed by atoms with Crippen LogP contribution in [0.1, 0.15) is 17.2 Å². The molecule has 1 fully saturated rings. The molecule has 1 aliphatic rings. The number of benzene rings is 2. The highest BCUT2D eigenvalue weighted by molar-refractivity contribution is 6.30. The molecule has 1 aliphatic heterocycles. The molecule has 3 nitrogen and oxygen atoms in total. The molecular formula is C18H20ClFN2O. The summed E-state index contributed by atoms with van der Waals surface area (Å²) in [7, 11) is 1.66. The van der Waals surface area contributed by atoms with Gasteiger partial charge in [0.05, 0.1) is 13.2 Å². The van der Waals surface area contributed by atoms with Crippen LogP contribution >= 0.6 is 11.6 Å². The van der Waals surface area contributed by atoms with E-state index in [9.17, 15) is 4.39 Å². The molecule has 1 unspecified atom stereocenters. The van der Waals surface area contributed by atoms with Crippen molar-refractivity contribution in [3.05, 3.63) is 64.4 Å². The van der Waals surface area contributed by atoms with Gasteiger partial charge < -0.3 is 10.1 Å². The summed E-state index contributed by atoms with van der Waals surface area (Å²) in [6.45, 7) is 3.69. The van der Waals surface area contributed by atoms with Gasteiger partial charge in [-0.3, -0.25) is 4.90 Å². The maximum atomic E-state index is 13.3. The molecule has 1 heterocycles. The normalized spacial score (nSPS) is 17.0. The minimum absolute atomic E-state index is 0.00801. The van der Waals surface area contributed by atoms with Gasteiger partial charge in [0.2, 0.25) is 0 Å². The van der Waals surface area contributed by atoms with Crippen LogP contribution in [0.2, 0.25) is 5.02 Å². The van der Waals surface area contributed by atoms with Crippen molar-refractivity contribution < 1.29 is 9.13 Å². The largest absolute Gasteiger partial charge is 0.496 e. The van der Waals surface area contributed by atoms with E-state index in [4.69, 9.17) is 16.3 Å². The molecule has 2 aromatic rings. The third-order valence-corrected chi connectivity index (χ3v) is 4.42. The van der Waals surface area contributed by atoms with Crippen LogP contribution in [0.4, 0.5) is 4.39 Å². The van der Waals surface area contributed by atoms with Gasteiger partial charge in [-0.05, 0) is 35.9 Å². The number of ether oxygens (including phenoxy) is 1. The zero-order chi connectivity index (χ0) is 16.2. The Morgan fingerprint density at radius 2 is 1.83 bits per heavy atom. The van der Waals surface area contributed by atoms with E-state index < -0.39 is 0 Å². The Hall–Kier alpha value is -1.62. The third-order valence-electron chi connectivity index (χ3n) is 4.19. The summed E-state index contributed by atoms with van der Waals surface area (Å²) in [6.07, 6.45) is 0. The van der Waals surface area contributed by atoms with E-state index in [1.54, 1.807) is 7.11 Å². The van der Waals surface area contributed by atoms with Crippen LogP contribution in [-0.4, -0.2) is 38.2 Å². The molecule has 0 spiro atoms. The molecule has 2 aromatic carbocycles. The van der Waals surface area contributed by atoms with Gasteiger partial charge in [-0.25, -0.2) is 4.39 Å². The van der Waals surface area contributed by atoms with Crippen molar-refractivity contribution in [2.75, 3.05) is 33.3 Å². The standard InChI is InChI=1S/C18H20ClFN2O/c1-23-17-7-4-14(19)12-16(17)18(22-10-8-21-9-11-22)13-2-5-15(20)6-3-13/h2-7,12,18,21H,8-11H2,1H3. The smallest absolute Gasteiger partial charge is 0.124 e. The number of methoxy groups -OCH3 is 1. The van der Waals surface area contributed by atoms with Gasteiger partial charge in [0, 0.05) is 36.8 Å². The topological polar surface area (TPSA) is 24.5 Å². The Labute approximate surface area is 141 Å². The summed E-state index contributed by atoms with van der Waals surface area (Å²) < 4.78 is 18.9. The summed E-state index contributed by atoms with van der Waals surface area (Å²) in [5.41, 5.74) is 2.04. The summed E-state index contributed by atoms with van der Waals surface area (Å²) >= 11 is 6.22. The third kappa shape index (κ3) is 3.66. The lowest BCUT2D eigenvalue weighted by Crippen LogP contribution is -2.45. The summed E-state index contributed by atoms with van der Waals surface area (Å²) in [6, 6.07) is 12.3. The minimum Gasteiger partial charge on any atom is -0.496 e. The molecule has 0 aliphatic carbocycles. The van der Waals surface area contributed by atoms with Crippen molar-refractivity contribution in [1.82, 2.24) is 10.2 Å². The van der Waals surface area contributed by atoms with Crippen LogP contribution < -0.4 is 10.1 Å². The van der Waals surface area contributed by atoms with Gasteiger partial charge in [-0.15, -0.1) is 0 Å². The highest BCUT2D eigenvalue weighted by atomic mass is 35.5. The first-order chi connectivity index (χ1) is 11.2. The maximum absolute atomic E-state index is 13.3. The molecule has 3 rings (SSSR count). The maximum Gasteiger partial charge on any atom is 0.124 e. The fraction of sp³-hybridized carbons (Fsp3) is 0.333. The fourth-order valence-electron chi connectivity index (χ4n) is 3.09. The van der Waals surface area contributed by atoms with E-state index >= 15 is 0 Å². The van der Waals surface area contributed by atoms with Gasteiger partial charge in [0.1, 0.15) is 11.6 Å². The predicted octanol–water partition coefficient (Wildman–Crippen LogP) is 3.48. The van der Waals surface area contributed by atoms with Crippen LogP contribution in [0.3, 0.4) is 0 Å². The number of halogens is 2. The minimum atomic E-state index is -0.231. The Bertz CT molecular complexity index is 657. The molecule has 1 atom stereocenters. The molecule has 0 amide bonds. The highest BCUT2D eigenvalue weighted by Gasteiger charge is 2.26. The number of hydrogen-bond acceptors (Lipinski definition) is 3. The van der Waals surface area contributed by atoms with Gasteiger partial charge in [0.25, 0.3) is 0 Å². The van der Waals surface area contributed by atoms with E-state index in [0.717, 1.165) is 43.1 Å². The average Bonchev–Trinajstić information content (AvgIpc) is 2.58. The fourth-order valence-corrected chi connectivity index (χ4v) is 3.27. The molecule has 23 heavy (non-hydrogen) atoms. The summed E-state index contributed by atoms with van der Waals surface area (Å²) in [4.78, 5) is 2.37. The van der Waals surface area contributed by atoms with E-state index in [1.165, 1.54) is 12.1 Å². The molecule has 1 saturated heterocycles. The van der Waals surface area contributed by atoms with E-state index in [2.05, 4.69) is 10.2 Å². The Balaban J connectivity index is 2.07. The monoisotopic (exact) mass is 334 g/mol. The molecule has 0 radical (unpaired) electrons. The lowest BCUT2D eigenvalue weighted by Gasteiger charge is -2.36. The molecule has 122 valence electrons. The molecule has 0 aromatic heterocycles. The van der Waals surface area contributed by atoms with Crippen molar-refractivity contribution in [2.45, 2.75) is 6.04 Å². The second kappa shape index (κ2) is 7.30. The van der Waals surface area contributed by atoms with Crippen LogP contribution in [0, 0.1) is 5.82 Å². The highest BCUT2D eigenvalue weighted by Crippen LogP contribution is 2.36. The Morgan fingerprint density at radius 3 is 2.48 bits per heavy atom. The summed E-state index contributed by atoms with van der Waals surface area (Å²) in [5.74, 6) is 0.563. The van der Waals surface area contributed by atoms with Crippen LogP contribution in [0.15, 0.2) is 42.5 Å². The number of nitrogens with one attached hydrogen (secondary N) is 1. The molecule has 1 N–H and O–H groups in total. The van der Waals surface area contributed by atoms with Gasteiger partial charge in [-0.1, -0.05) is 23.7 Å². The van der Waals surface area contributed by atoms with Crippen LogP contribution in [0.25, 0.3) is 0 Å². The van der Waals surface area contributed by atoms with Gasteiger partial charge in [-0.2, -0.15) is 0 Å². The van der Waals surface area contributed by atoms with Crippen LogP contribution in [0.5, 0.6) is 5.75 Å². The Morgan fingerprint density at radius 1 is 1.13 bits per heavy atom. The quantitative estimate of drug-likeness (QED) is 0.926. The Kier molecular flexibility index (Phi) is 5.16. The number of piperazine rings is 1. The average molecular weight is 335 g/mol. The lowest BCUT2D eigenvalue weighted by molar-refractivity contribution is 0.195. The molecule has 0 saturated carbocycles. The second-order valence-electron chi connectivity index (χ2n) is 5.63. The van der Waals surface area contributed by atoms with Crippen molar-refractivity contribution in [1.29, 1.82) is 0 Å². The predicted molar refractivity (Wildman–Crippen MR) is 90.7 cm³/mol. The van der Waals surface area contributed by atoms with Gasteiger partial charge in [0.15, 0.2) is 0 Å². The zero-order valence-electron chi connectivity index (χ0n) is 13.1. The molecular weight excluding hydrogens is 315 g/mol. The van der Waals surface area contributed by atoms with Crippen molar-refractivity contribution in [2.24, 2.45) is 0 Å². The van der Waals surface area contributed by atoms with E-state index in [1.807, 2.05) is 30.3 Å². The SMILES string of the molecule is COc1ccc(Cl)cc1C(c1ccc(F)cc1)N1CCNCC1. The van der Waals surface area contributed by atoms with Crippen LogP contribution in [-0.2, 0) is 0 Å². The molecule has 0 bridgehead atoms. The molecule has 5 heteroatoms. The number of rotatable bonds is 4. The van der Waals surface area contributed by atoms with Crippen molar-refractivity contribution >= 4 is 11.6 Å². The first kappa shape index (κ1) is 16.2. The first-order valence-electron chi connectivity index (χ1n) is 7.72. The number of nitrogens with zero attached hydrogens (tertiary/aromatic N) is 1. The zero-order valence-corrected chi connectivity index (χ0v) is 13.8. The van der Waals surface area contributed by atoms with Crippen molar-refractivity contribution in [3.8, 4) is 5.75 Å². The van der Waals surface area contributed by atoms with E-state index in [-0.39, 0.29) is 11.9 Å². The van der Waals surface area contributed by atoms with Gasteiger partial charge >= 0.3 is 0 Å². The van der Waals surface area contributed by atoms with Crippen molar-refractivity contribution in [3.63, 3.8) is 0 Å². The van der Waals surface area contributed by atoms with E-state index in [0.29, 0.717) is 5.02 Å². The number of hydrogen-bond donors (Lipinski definition) is 1. The first-order valence-corrected chi connectivity index (χ1v) is 8.10.